The first-order valence-corrected chi connectivity index (χ1v) is 6.31. The maximum Gasteiger partial charge on any atom is 0.121 e. The van der Waals surface area contributed by atoms with E-state index in [2.05, 4.69) is 55.1 Å². The van der Waals surface area contributed by atoms with Crippen LogP contribution in [-0.4, -0.2) is 17.0 Å². The van der Waals surface area contributed by atoms with Crippen molar-refractivity contribution < 1.29 is 0 Å². The predicted octanol–water partition coefficient (Wildman–Crippen LogP) is 3.03. The summed E-state index contributed by atoms with van der Waals surface area (Å²) in [6, 6.07) is 4.47. The van der Waals surface area contributed by atoms with Crippen LogP contribution in [0.2, 0.25) is 0 Å². The van der Waals surface area contributed by atoms with Crippen molar-refractivity contribution >= 4 is 0 Å². The zero-order valence-electron chi connectivity index (χ0n) is 11.8. The molecule has 1 aromatic carbocycles. The summed E-state index contributed by atoms with van der Waals surface area (Å²) in [6.07, 6.45) is 0. The fourth-order valence-corrected chi connectivity index (χ4v) is 2.25. The summed E-state index contributed by atoms with van der Waals surface area (Å²) in [7, 11) is 1.93. The van der Waals surface area contributed by atoms with Crippen LogP contribution in [0.25, 0.3) is 11.3 Å². The van der Waals surface area contributed by atoms with Crippen LogP contribution in [0, 0.1) is 27.7 Å². The van der Waals surface area contributed by atoms with Crippen molar-refractivity contribution in [2.75, 3.05) is 7.05 Å². The summed E-state index contributed by atoms with van der Waals surface area (Å²) in [4.78, 5) is 8.02. The molecule has 0 saturated carbocycles. The average molecular weight is 243 g/mol. The molecule has 2 aromatic rings. The maximum absolute atomic E-state index is 4.68. The molecule has 0 radical (unpaired) electrons. The van der Waals surface area contributed by atoms with Crippen LogP contribution in [0.5, 0.6) is 0 Å². The van der Waals surface area contributed by atoms with Gasteiger partial charge in [-0.05, 0) is 57.5 Å². The lowest BCUT2D eigenvalue weighted by molar-refractivity contribution is 0.770. The molecule has 3 nitrogen and oxygen atoms in total. The lowest BCUT2D eigenvalue weighted by Crippen LogP contribution is -2.06. The molecule has 0 aliphatic carbocycles. The highest BCUT2D eigenvalue weighted by Gasteiger charge is 2.11. The van der Waals surface area contributed by atoms with Crippen molar-refractivity contribution in [3.05, 3.63) is 40.3 Å². The van der Waals surface area contributed by atoms with E-state index in [1.54, 1.807) is 0 Å². The van der Waals surface area contributed by atoms with Crippen LogP contribution in [-0.2, 0) is 6.54 Å². The van der Waals surface area contributed by atoms with Gasteiger partial charge < -0.3 is 10.3 Å². The van der Waals surface area contributed by atoms with E-state index < -0.39 is 0 Å². The number of benzene rings is 1. The molecule has 18 heavy (non-hydrogen) atoms. The zero-order chi connectivity index (χ0) is 13.3. The fourth-order valence-electron chi connectivity index (χ4n) is 2.25. The van der Waals surface area contributed by atoms with Gasteiger partial charge >= 0.3 is 0 Å². The molecular weight excluding hydrogens is 222 g/mol. The molecule has 2 rings (SSSR count). The number of aromatic amines is 1. The van der Waals surface area contributed by atoms with Crippen molar-refractivity contribution in [2.45, 2.75) is 34.2 Å². The smallest absolute Gasteiger partial charge is 0.121 e. The van der Waals surface area contributed by atoms with Gasteiger partial charge in [0.25, 0.3) is 0 Å². The minimum Gasteiger partial charge on any atom is -0.344 e. The van der Waals surface area contributed by atoms with Gasteiger partial charge in [-0.15, -0.1) is 0 Å². The monoisotopic (exact) mass is 243 g/mol. The standard InChI is InChI=1S/C15H21N3/c1-9-6-11(3)13(7-10(9)2)15-12(4)17-14(18-15)8-16-5/h6-7,16H,8H2,1-5H3,(H,17,18). The van der Waals surface area contributed by atoms with Crippen LogP contribution in [0.1, 0.15) is 28.2 Å². The Morgan fingerprint density at radius 3 is 2.39 bits per heavy atom. The first-order chi connectivity index (χ1) is 8.52. The molecule has 0 atom stereocenters. The normalized spacial score (nSPS) is 10.9. The molecule has 0 aliphatic heterocycles. The Bertz CT molecular complexity index is 567. The number of hydrogen-bond donors (Lipinski definition) is 2. The van der Waals surface area contributed by atoms with E-state index in [0.29, 0.717) is 0 Å². The fraction of sp³-hybridized carbons (Fsp3) is 0.400. The molecule has 0 amide bonds. The van der Waals surface area contributed by atoms with Gasteiger partial charge in [-0.25, -0.2) is 4.98 Å². The molecule has 1 aromatic heterocycles. The summed E-state index contributed by atoms with van der Waals surface area (Å²) in [5.41, 5.74) is 7.36. The van der Waals surface area contributed by atoms with Crippen molar-refractivity contribution in [3.63, 3.8) is 0 Å². The minimum atomic E-state index is 0.769. The third kappa shape index (κ3) is 2.31. The second-order valence-corrected chi connectivity index (χ2v) is 4.94. The van der Waals surface area contributed by atoms with Gasteiger partial charge in [0, 0.05) is 11.3 Å². The SMILES string of the molecule is CNCc1nc(-c2cc(C)c(C)cc2C)c(C)[nH]1. The number of nitrogens with one attached hydrogen (secondary N) is 2. The lowest BCUT2D eigenvalue weighted by atomic mass is 9.98. The van der Waals surface area contributed by atoms with E-state index >= 15 is 0 Å². The zero-order valence-corrected chi connectivity index (χ0v) is 11.8. The first-order valence-electron chi connectivity index (χ1n) is 6.31. The molecular formula is C15H21N3. The number of nitrogens with zero attached hydrogens (tertiary/aromatic N) is 1. The molecule has 96 valence electrons. The lowest BCUT2D eigenvalue weighted by Gasteiger charge is -2.08. The van der Waals surface area contributed by atoms with E-state index in [0.717, 1.165) is 23.8 Å². The Kier molecular flexibility index (Phi) is 3.53. The highest BCUT2D eigenvalue weighted by molar-refractivity contribution is 5.67. The molecule has 0 bridgehead atoms. The summed E-state index contributed by atoms with van der Waals surface area (Å²) in [5.74, 6) is 0.989. The number of H-pyrrole nitrogens is 1. The maximum atomic E-state index is 4.68. The van der Waals surface area contributed by atoms with Gasteiger partial charge in [-0.3, -0.25) is 0 Å². The average Bonchev–Trinajstić information content (AvgIpc) is 2.65. The molecule has 3 heteroatoms. The molecule has 0 saturated heterocycles. The Balaban J connectivity index is 2.51. The third-order valence-corrected chi connectivity index (χ3v) is 3.37. The molecule has 0 aliphatic rings. The van der Waals surface area contributed by atoms with Crippen LogP contribution in [0.4, 0.5) is 0 Å². The Labute approximate surface area is 109 Å². The van der Waals surface area contributed by atoms with Crippen molar-refractivity contribution in [1.29, 1.82) is 0 Å². The Morgan fingerprint density at radius 2 is 1.72 bits per heavy atom. The number of rotatable bonds is 3. The molecule has 0 spiro atoms. The first kappa shape index (κ1) is 12.8. The largest absolute Gasteiger partial charge is 0.344 e. The van der Waals surface area contributed by atoms with Crippen LogP contribution < -0.4 is 5.32 Å². The van der Waals surface area contributed by atoms with Gasteiger partial charge in [0.1, 0.15) is 5.82 Å². The summed E-state index contributed by atoms with van der Waals surface area (Å²) >= 11 is 0. The van der Waals surface area contributed by atoms with Gasteiger partial charge in [0.05, 0.1) is 12.2 Å². The van der Waals surface area contributed by atoms with Crippen LogP contribution >= 0.6 is 0 Å². The van der Waals surface area contributed by atoms with Crippen molar-refractivity contribution in [3.8, 4) is 11.3 Å². The molecule has 1 heterocycles. The van der Waals surface area contributed by atoms with Gasteiger partial charge in [0.2, 0.25) is 0 Å². The van der Waals surface area contributed by atoms with Crippen LogP contribution in [0.3, 0.4) is 0 Å². The molecule has 0 unspecified atom stereocenters. The van der Waals surface area contributed by atoms with E-state index in [4.69, 9.17) is 0 Å². The molecule has 0 fully saturated rings. The predicted molar refractivity (Wildman–Crippen MR) is 75.7 cm³/mol. The molecule has 2 N–H and O–H groups in total. The second-order valence-electron chi connectivity index (χ2n) is 4.94. The minimum absolute atomic E-state index is 0.769. The summed E-state index contributed by atoms with van der Waals surface area (Å²) in [6.45, 7) is 9.29. The quantitative estimate of drug-likeness (QED) is 0.870. The third-order valence-electron chi connectivity index (χ3n) is 3.37. The Morgan fingerprint density at radius 1 is 1.06 bits per heavy atom. The van der Waals surface area contributed by atoms with E-state index in [1.807, 2.05) is 7.05 Å². The second kappa shape index (κ2) is 4.94. The topological polar surface area (TPSA) is 40.7 Å². The van der Waals surface area contributed by atoms with Crippen molar-refractivity contribution in [2.24, 2.45) is 0 Å². The van der Waals surface area contributed by atoms with E-state index in [9.17, 15) is 0 Å². The van der Waals surface area contributed by atoms with E-state index in [1.165, 1.54) is 22.3 Å². The van der Waals surface area contributed by atoms with E-state index in [-0.39, 0.29) is 0 Å². The van der Waals surface area contributed by atoms with Gasteiger partial charge in [-0.2, -0.15) is 0 Å². The van der Waals surface area contributed by atoms with Gasteiger partial charge in [0.15, 0.2) is 0 Å². The van der Waals surface area contributed by atoms with Crippen LogP contribution in [0.15, 0.2) is 12.1 Å². The summed E-state index contributed by atoms with van der Waals surface area (Å²) < 4.78 is 0. The van der Waals surface area contributed by atoms with Crippen molar-refractivity contribution in [1.82, 2.24) is 15.3 Å². The highest BCUT2D eigenvalue weighted by atomic mass is 15.0. The number of imidazole rings is 1. The number of aromatic nitrogens is 2. The highest BCUT2D eigenvalue weighted by Crippen LogP contribution is 2.27. The van der Waals surface area contributed by atoms with Gasteiger partial charge in [-0.1, -0.05) is 6.07 Å². The Hall–Kier alpha value is -1.61. The number of hydrogen-bond acceptors (Lipinski definition) is 2. The summed E-state index contributed by atoms with van der Waals surface area (Å²) in [5, 5.41) is 3.12. The number of aryl methyl sites for hydroxylation is 4.